The van der Waals surface area contributed by atoms with Gasteiger partial charge in [-0.05, 0) is 54.0 Å². The molecule has 0 radical (unpaired) electrons. The maximum atomic E-state index is 11.8. The monoisotopic (exact) mass is 276 g/mol. The summed E-state index contributed by atoms with van der Waals surface area (Å²) in [4.78, 5) is 11.8. The molecule has 106 valence electrons. The Kier molecular flexibility index (Phi) is 4.30. The van der Waals surface area contributed by atoms with Gasteiger partial charge in [0.2, 0.25) is 0 Å². The van der Waals surface area contributed by atoms with Gasteiger partial charge < -0.3 is 0 Å². The van der Waals surface area contributed by atoms with Gasteiger partial charge in [-0.15, -0.1) is 0 Å². The number of benzene rings is 2. The summed E-state index contributed by atoms with van der Waals surface area (Å²) >= 11 is 0. The first-order valence-corrected chi connectivity index (χ1v) is 7.68. The molecule has 1 aliphatic carbocycles. The second kappa shape index (κ2) is 6.53. The van der Waals surface area contributed by atoms with Gasteiger partial charge in [-0.1, -0.05) is 54.6 Å². The highest BCUT2D eigenvalue weighted by molar-refractivity contribution is 6.00. The number of allylic oxidation sites excluding steroid dienone is 1. The molecule has 0 amide bonds. The van der Waals surface area contributed by atoms with Crippen molar-refractivity contribution in [3.05, 3.63) is 76.9 Å². The molecule has 0 heterocycles. The van der Waals surface area contributed by atoms with Crippen molar-refractivity contribution in [3.8, 4) is 0 Å². The molecule has 1 nitrogen and oxygen atoms in total. The molecule has 0 aromatic heterocycles. The summed E-state index contributed by atoms with van der Waals surface area (Å²) in [6.45, 7) is 0. The molecule has 2 aromatic carbocycles. The van der Waals surface area contributed by atoms with Crippen LogP contribution in [0.2, 0.25) is 0 Å². The lowest BCUT2D eigenvalue weighted by molar-refractivity contribution is -0.116. The molecule has 1 aliphatic rings. The quantitative estimate of drug-likeness (QED) is 0.736. The lowest BCUT2D eigenvalue weighted by Gasteiger charge is -2.12. The second-order valence-electron chi connectivity index (χ2n) is 5.70. The number of hydrogen-bond donors (Lipinski definition) is 0. The fourth-order valence-electron chi connectivity index (χ4n) is 2.82. The maximum absolute atomic E-state index is 11.8. The fraction of sp³-hybridized carbons (Fsp3) is 0.250. The van der Waals surface area contributed by atoms with Crippen LogP contribution in [0.4, 0.5) is 0 Å². The van der Waals surface area contributed by atoms with Gasteiger partial charge in [0.25, 0.3) is 0 Å². The highest BCUT2D eigenvalue weighted by Gasteiger charge is 2.14. The van der Waals surface area contributed by atoms with Crippen LogP contribution in [0.1, 0.15) is 42.4 Å². The van der Waals surface area contributed by atoms with Gasteiger partial charge in [0, 0.05) is 6.42 Å². The second-order valence-corrected chi connectivity index (χ2v) is 5.70. The Balaban J connectivity index is 1.72. The highest BCUT2D eigenvalue weighted by Crippen LogP contribution is 2.22. The van der Waals surface area contributed by atoms with Crippen molar-refractivity contribution in [2.45, 2.75) is 32.1 Å². The standard InChI is InChI=1S/C20H20O/c21-20-9-5-4-8-19(20)15-18-12-10-17(11-13-18)14-16-6-2-1-3-7-16/h1-3,6-7,10-13,15H,4-5,8-9,14H2/b19-15+. The summed E-state index contributed by atoms with van der Waals surface area (Å²) in [5, 5.41) is 0. The first-order chi connectivity index (χ1) is 10.3. The first-order valence-electron chi connectivity index (χ1n) is 7.68. The molecular weight excluding hydrogens is 256 g/mol. The van der Waals surface area contributed by atoms with E-state index in [1.165, 1.54) is 11.1 Å². The third-order valence-corrected chi connectivity index (χ3v) is 4.03. The van der Waals surface area contributed by atoms with E-state index in [0.29, 0.717) is 5.78 Å². The summed E-state index contributed by atoms with van der Waals surface area (Å²) in [6.07, 6.45) is 6.86. The molecule has 1 heteroatoms. The van der Waals surface area contributed by atoms with Crippen molar-refractivity contribution in [2.75, 3.05) is 0 Å². The van der Waals surface area contributed by atoms with Crippen molar-refractivity contribution < 1.29 is 4.79 Å². The molecular formula is C20H20O. The smallest absolute Gasteiger partial charge is 0.158 e. The topological polar surface area (TPSA) is 17.1 Å². The fourth-order valence-corrected chi connectivity index (χ4v) is 2.82. The van der Waals surface area contributed by atoms with Crippen molar-refractivity contribution >= 4 is 11.9 Å². The summed E-state index contributed by atoms with van der Waals surface area (Å²) in [6, 6.07) is 19.0. The Morgan fingerprint density at radius 2 is 1.48 bits per heavy atom. The zero-order valence-electron chi connectivity index (χ0n) is 12.2. The Labute approximate surface area is 126 Å². The van der Waals surface area contributed by atoms with Crippen LogP contribution >= 0.6 is 0 Å². The van der Waals surface area contributed by atoms with Crippen LogP contribution in [0.5, 0.6) is 0 Å². The van der Waals surface area contributed by atoms with Gasteiger partial charge in [-0.25, -0.2) is 0 Å². The number of hydrogen-bond acceptors (Lipinski definition) is 1. The summed E-state index contributed by atoms with van der Waals surface area (Å²) in [5.41, 5.74) is 4.76. The molecule has 0 N–H and O–H groups in total. The SMILES string of the molecule is O=C1CCCC/C1=C\c1ccc(Cc2ccccc2)cc1. The van der Waals surface area contributed by atoms with Crippen molar-refractivity contribution in [1.82, 2.24) is 0 Å². The number of ketones is 1. The van der Waals surface area contributed by atoms with Gasteiger partial charge in [0.05, 0.1) is 0 Å². The van der Waals surface area contributed by atoms with E-state index in [0.717, 1.165) is 43.2 Å². The van der Waals surface area contributed by atoms with Gasteiger partial charge in [-0.2, -0.15) is 0 Å². The Bertz CT molecular complexity index is 635. The van der Waals surface area contributed by atoms with E-state index >= 15 is 0 Å². The largest absolute Gasteiger partial charge is 0.295 e. The Hall–Kier alpha value is -2.15. The zero-order chi connectivity index (χ0) is 14.5. The minimum Gasteiger partial charge on any atom is -0.295 e. The molecule has 0 unspecified atom stereocenters. The third kappa shape index (κ3) is 3.69. The van der Waals surface area contributed by atoms with Crippen molar-refractivity contribution in [3.63, 3.8) is 0 Å². The lowest BCUT2D eigenvalue weighted by atomic mass is 9.92. The average molecular weight is 276 g/mol. The van der Waals surface area contributed by atoms with E-state index in [2.05, 4.69) is 54.6 Å². The molecule has 0 saturated heterocycles. The average Bonchev–Trinajstić information content (AvgIpc) is 2.52. The number of rotatable bonds is 3. The summed E-state index contributed by atoms with van der Waals surface area (Å²) in [7, 11) is 0. The van der Waals surface area contributed by atoms with Crippen LogP contribution in [-0.2, 0) is 11.2 Å². The van der Waals surface area contributed by atoms with Crippen molar-refractivity contribution in [2.24, 2.45) is 0 Å². The molecule has 1 fully saturated rings. The zero-order valence-corrected chi connectivity index (χ0v) is 12.2. The predicted octanol–water partition coefficient (Wildman–Crippen LogP) is 4.80. The molecule has 0 atom stereocenters. The first kappa shape index (κ1) is 13.8. The molecule has 0 spiro atoms. The summed E-state index contributed by atoms with van der Waals surface area (Å²) < 4.78 is 0. The lowest BCUT2D eigenvalue weighted by Crippen LogP contribution is -2.07. The minimum absolute atomic E-state index is 0.328. The molecule has 1 saturated carbocycles. The Morgan fingerprint density at radius 1 is 0.810 bits per heavy atom. The normalized spacial score (nSPS) is 17.1. The molecule has 2 aromatic rings. The van der Waals surface area contributed by atoms with E-state index < -0.39 is 0 Å². The minimum atomic E-state index is 0.328. The summed E-state index contributed by atoms with van der Waals surface area (Å²) in [5.74, 6) is 0.328. The van der Waals surface area contributed by atoms with E-state index in [-0.39, 0.29) is 0 Å². The van der Waals surface area contributed by atoms with Crippen LogP contribution in [0.15, 0.2) is 60.2 Å². The van der Waals surface area contributed by atoms with E-state index in [9.17, 15) is 4.79 Å². The van der Waals surface area contributed by atoms with Gasteiger partial charge in [0.1, 0.15) is 0 Å². The van der Waals surface area contributed by atoms with Crippen LogP contribution in [0.25, 0.3) is 6.08 Å². The van der Waals surface area contributed by atoms with Crippen molar-refractivity contribution in [1.29, 1.82) is 0 Å². The van der Waals surface area contributed by atoms with E-state index in [4.69, 9.17) is 0 Å². The maximum Gasteiger partial charge on any atom is 0.158 e. The van der Waals surface area contributed by atoms with E-state index in [1.54, 1.807) is 0 Å². The van der Waals surface area contributed by atoms with E-state index in [1.807, 2.05) is 6.07 Å². The highest BCUT2D eigenvalue weighted by atomic mass is 16.1. The Morgan fingerprint density at radius 3 is 2.19 bits per heavy atom. The van der Waals surface area contributed by atoms with Crippen LogP contribution in [0.3, 0.4) is 0 Å². The van der Waals surface area contributed by atoms with Gasteiger partial charge >= 0.3 is 0 Å². The van der Waals surface area contributed by atoms with Crippen LogP contribution in [-0.4, -0.2) is 5.78 Å². The molecule has 3 rings (SSSR count). The molecule has 21 heavy (non-hydrogen) atoms. The molecule has 0 aliphatic heterocycles. The van der Waals surface area contributed by atoms with Crippen LogP contribution < -0.4 is 0 Å². The number of carbonyl (C=O) groups excluding carboxylic acids is 1. The van der Waals surface area contributed by atoms with Gasteiger partial charge in [-0.3, -0.25) is 4.79 Å². The van der Waals surface area contributed by atoms with Gasteiger partial charge in [0.15, 0.2) is 5.78 Å². The van der Waals surface area contributed by atoms with Crippen LogP contribution in [0, 0.1) is 0 Å². The molecule has 0 bridgehead atoms. The number of carbonyl (C=O) groups is 1. The third-order valence-electron chi connectivity index (χ3n) is 4.03. The predicted molar refractivity (Wildman–Crippen MR) is 87.1 cm³/mol. The number of Topliss-reactive ketones (excluding diaryl/α,β-unsaturated/α-hetero) is 1.